The van der Waals surface area contributed by atoms with E-state index in [9.17, 15) is 17.4 Å². The highest BCUT2D eigenvalue weighted by atomic mass is 32.2. The SMILES string of the molecule is COc1cccnc1[C@@H](NS(=O)C(C)(C)C)c1ccc(C(F)(F)F)cc1. The van der Waals surface area contributed by atoms with Crippen LogP contribution < -0.4 is 9.46 Å². The van der Waals surface area contributed by atoms with Crippen molar-refractivity contribution < 1.29 is 22.1 Å². The van der Waals surface area contributed by atoms with Gasteiger partial charge < -0.3 is 4.74 Å². The highest BCUT2D eigenvalue weighted by Crippen LogP contribution is 2.33. The number of benzene rings is 1. The fourth-order valence-corrected chi connectivity index (χ4v) is 3.04. The van der Waals surface area contributed by atoms with E-state index in [2.05, 4.69) is 9.71 Å². The Morgan fingerprint density at radius 2 is 1.73 bits per heavy atom. The first kappa shape index (κ1) is 20.4. The van der Waals surface area contributed by atoms with E-state index in [1.807, 2.05) is 0 Å². The van der Waals surface area contributed by atoms with Gasteiger partial charge in [-0.1, -0.05) is 12.1 Å². The molecule has 0 saturated carbocycles. The maximum atomic E-state index is 12.8. The Kier molecular flexibility index (Phi) is 6.08. The van der Waals surface area contributed by atoms with E-state index in [4.69, 9.17) is 4.74 Å². The molecule has 0 fully saturated rings. The summed E-state index contributed by atoms with van der Waals surface area (Å²) in [4.78, 5) is 4.29. The van der Waals surface area contributed by atoms with Gasteiger partial charge in [0, 0.05) is 6.20 Å². The molecular formula is C18H21F3N2O2S. The van der Waals surface area contributed by atoms with Crippen LogP contribution in [-0.2, 0) is 17.2 Å². The van der Waals surface area contributed by atoms with Crippen LogP contribution in [0.2, 0.25) is 0 Å². The Bertz CT molecular complexity index is 771. The Morgan fingerprint density at radius 1 is 1.12 bits per heavy atom. The second-order valence-electron chi connectivity index (χ2n) is 6.64. The minimum absolute atomic E-state index is 0.451. The summed E-state index contributed by atoms with van der Waals surface area (Å²) in [5.74, 6) is 0.454. The highest BCUT2D eigenvalue weighted by Gasteiger charge is 2.31. The summed E-state index contributed by atoms with van der Waals surface area (Å²) < 4.78 is 58.8. The third-order valence-corrected chi connectivity index (χ3v) is 5.21. The number of rotatable bonds is 5. The van der Waals surface area contributed by atoms with Gasteiger partial charge in [-0.05, 0) is 50.6 Å². The third-order valence-electron chi connectivity index (χ3n) is 3.65. The maximum absolute atomic E-state index is 12.8. The summed E-state index contributed by atoms with van der Waals surface area (Å²) in [6, 6.07) is 7.41. The van der Waals surface area contributed by atoms with Crippen LogP contribution in [-0.4, -0.2) is 21.0 Å². The lowest BCUT2D eigenvalue weighted by molar-refractivity contribution is -0.137. The number of ether oxygens (including phenoxy) is 1. The molecule has 1 unspecified atom stereocenters. The summed E-state index contributed by atoms with van der Waals surface area (Å²) in [5, 5.41) is 0. The molecule has 0 aliphatic rings. The van der Waals surface area contributed by atoms with Crippen LogP contribution in [0.4, 0.5) is 13.2 Å². The number of nitrogens with zero attached hydrogens (tertiary/aromatic N) is 1. The predicted molar refractivity (Wildman–Crippen MR) is 95.1 cm³/mol. The number of methoxy groups -OCH3 is 1. The quantitative estimate of drug-likeness (QED) is 0.836. The minimum Gasteiger partial charge on any atom is -0.495 e. The fraction of sp³-hybridized carbons (Fsp3) is 0.389. The highest BCUT2D eigenvalue weighted by molar-refractivity contribution is 7.84. The number of hydrogen-bond donors (Lipinski definition) is 1. The van der Waals surface area contributed by atoms with E-state index in [-0.39, 0.29) is 0 Å². The van der Waals surface area contributed by atoms with Crippen LogP contribution in [0, 0.1) is 0 Å². The van der Waals surface area contributed by atoms with Crippen LogP contribution in [0.3, 0.4) is 0 Å². The summed E-state index contributed by atoms with van der Waals surface area (Å²) in [6.07, 6.45) is -2.87. The molecule has 4 nitrogen and oxygen atoms in total. The number of hydrogen-bond acceptors (Lipinski definition) is 3. The number of aromatic nitrogens is 1. The van der Waals surface area contributed by atoms with Crippen molar-refractivity contribution in [3.05, 3.63) is 59.4 Å². The van der Waals surface area contributed by atoms with Crippen molar-refractivity contribution in [1.29, 1.82) is 0 Å². The van der Waals surface area contributed by atoms with E-state index in [1.165, 1.54) is 19.2 Å². The molecule has 0 bridgehead atoms. The second-order valence-corrected chi connectivity index (χ2v) is 8.64. The van der Waals surface area contributed by atoms with Crippen molar-refractivity contribution in [1.82, 2.24) is 9.71 Å². The molecule has 2 atom stereocenters. The average Bonchev–Trinajstić information content (AvgIpc) is 2.58. The molecule has 0 aliphatic carbocycles. The van der Waals surface area contributed by atoms with E-state index < -0.39 is 33.5 Å². The van der Waals surface area contributed by atoms with Gasteiger partial charge in [-0.15, -0.1) is 0 Å². The molecule has 142 valence electrons. The second kappa shape index (κ2) is 7.75. The molecule has 0 saturated heterocycles. The normalized spacial score (nSPS) is 14.7. The number of pyridine rings is 1. The smallest absolute Gasteiger partial charge is 0.416 e. The third kappa shape index (κ3) is 4.82. The van der Waals surface area contributed by atoms with Gasteiger partial charge in [0.1, 0.15) is 11.4 Å². The zero-order chi connectivity index (χ0) is 19.5. The van der Waals surface area contributed by atoms with Gasteiger partial charge in [-0.25, -0.2) is 8.93 Å². The Balaban J connectivity index is 2.48. The van der Waals surface area contributed by atoms with Crippen LogP contribution >= 0.6 is 0 Å². The molecular weight excluding hydrogens is 365 g/mol. The number of alkyl halides is 3. The van der Waals surface area contributed by atoms with Crippen LogP contribution in [0.5, 0.6) is 5.75 Å². The van der Waals surface area contributed by atoms with Crippen LogP contribution in [0.1, 0.15) is 43.6 Å². The zero-order valence-electron chi connectivity index (χ0n) is 14.9. The molecule has 1 N–H and O–H groups in total. The predicted octanol–water partition coefficient (Wildman–Crippen LogP) is 4.25. The molecule has 0 aliphatic heterocycles. The summed E-state index contributed by atoms with van der Waals surface area (Å²) in [5.41, 5.74) is 0.213. The van der Waals surface area contributed by atoms with E-state index in [0.29, 0.717) is 17.0 Å². The summed E-state index contributed by atoms with van der Waals surface area (Å²) >= 11 is 0. The first-order valence-electron chi connectivity index (χ1n) is 7.88. The van der Waals surface area contributed by atoms with Crippen molar-refractivity contribution >= 4 is 11.0 Å². The van der Waals surface area contributed by atoms with Crippen molar-refractivity contribution in [3.63, 3.8) is 0 Å². The molecule has 2 rings (SSSR count). The van der Waals surface area contributed by atoms with Crippen LogP contribution in [0.15, 0.2) is 42.6 Å². The molecule has 1 aromatic heterocycles. The van der Waals surface area contributed by atoms with Crippen molar-refractivity contribution in [2.75, 3.05) is 7.11 Å². The average molecular weight is 386 g/mol. The van der Waals surface area contributed by atoms with Gasteiger partial charge in [0.15, 0.2) is 0 Å². The number of halogens is 3. The molecule has 0 amide bonds. The van der Waals surface area contributed by atoms with Gasteiger partial charge in [-0.2, -0.15) is 13.2 Å². The molecule has 26 heavy (non-hydrogen) atoms. The molecule has 1 aromatic carbocycles. The Hall–Kier alpha value is -1.93. The largest absolute Gasteiger partial charge is 0.495 e. The van der Waals surface area contributed by atoms with Gasteiger partial charge in [-0.3, -0.25) is 4.98 Å². The summed E-state index contributed by atoms with van der Waals surface area (Å²) in [6.45, 7) is 5.40. The van der Waals surface area contributed by atoms with E-state index >= 15 is 0 Å². The van der Waals surface area contributed by atoms with Crippen LogP contribution in [0.25, 0.3) is 0 Å². The van der Waals surface area contributed by atoms with Crippen molar-refractivity contribution in [2.45, 2.75) is 37.7 Å². The van der Waals surface area contributed by atoms with E-state index in [0.717, 1.165) is 12.1 Å². The van der Waals surface area contributed by atoms with Crippen molar-refractivity contribution in [2.24, 2.45) is 0 Å². The van der Waals surface area contributed by atoms with Gasteiger partial charge in [0.05, 0.1) is 34.4 Å². The lowest BCUT2D eigenvalue weighted by Crippen LogP contribution is -2.36. The van der Waals surface area contributed by atoms with Gasteiger partial charge >= 0.3 is 6.18 Å². The molecule has 0 radical (unpaired) electrons. The van der Waals surface area contributed by atoms with Crippen molar-refractivity contribution in [3.8, 4) is 5.75 Å². The topological polar surface area (TPSA) is 51.2 Å². The lowest BCUT2D eigenvalue weighted by Gasteiger charge is -2.25. The monoisotopic (exact) mass is 386 g/mol. The maximum Gasteiger partial charge on any atom is 0.416 e. The van der Waals surface area contributed by atoms with E-state index in [1.54, 1.807) is 39.1 Å². The molecule has 2 aromatic rings. The number of nitrogens with one attached hydrogen (secondary N) is 1. The van der Waals surface area contributed by atoms with Gasteiger partial charge in [0.2, 0.25) is 0 Å². The standard InChI is InChI=1S/C18H21F3N2O2S/c1-17(2,3)26(24)23-15(16-14(25-4)6-5-11-22-16)12-7-9-13(10-8-12)18(19,20)21/h5-11,15,23H,1-4H3/t15-,26?/m0/s1. The molecule has 0 spiro atoms. The lowest BCUT2D eigenvalue weighted by atomic mass is 10.0. The first-order valence-corrected chi connectivity index (χ1v) is 9.03. The summed E-state index contributed by atoms with van der Waals surface area (Å²) in [7, 11) is 0.00838. The molecule has 8 heteroatoms. The molecule has 1 heterocycles. The minimum atomic E-state index is -4.42. The zero-order valence-corrected chi connectivity index (χ0v) is 15.7. The fourth-order valence-electron chi connectivity index (χ4n) is 2.22. The Morgan fingerprint density at radius 3 is 2.23 bits per heavy atom. The van der Waals surface area contributed by atoms with Gasteiger partial charge in [0.25, 0.3) is 0 Å². The first-order chi connectivity index (χ1) is 12.0. The Labute approximate surface area is 153 Å².